The van der Waals surface area contributed by atoms with Gasteiger partial charge in [0.2, 0.25) is 0 Å². The zero-order valence-electron chi connectivity index (χ0n) is 8.78. The summed E-state index contributed by atoms with van der Waals surface area (Å²) >= 11 is 0. The molecule has 1 nitrogen and oxygen atoms in total. The highest BCUT2D eigenvalue weighted by atomic mass is 16.1. The highest BCUT2D eigenvalue weighted by molar-refractivity contribution is 5.66. The van der Waals surface area contributed by atoms with E-state index in [0.717, 1.165) is 29.6 Å². The lowest BCUT2D eigenvalue weighted by Crippen LogP contribution is -2.06. The molecular formula is C13H18O. The van der Waals surface area contributed by atoms with Crippen LogP contribution in [-0.4, -0.2) is 6.29 Å². The van der Waals surface area contributed by atoms with Gasteiger partial charge in [-0.25, -0.2) is 0 Å². The molecule has 0 heterocycles. The number of hydrogen-bond donors (Lipinski definition) is 0. The normalized spacial score (nSPS) is 36.9. The van der Waals surface area contributed by atoms with Gasteiger partial charge in [-0.1, -0.05) is 18.6 Å². The van der Waals surface area contributed by atoms with Crippen LogP contribution < -0.4 is 0 Å². The third-order valence-electron chi connectivity index (χ3n) is 3.73. The van der Waals surface area contributed by atoms with Crippen molar-refractivity contribution in [1.29, 1.82) is 0 Å². The smallest absolute Gasteiger partial charge is 0.143 e. The Morgan fingerprint density at radius 1 is 1.29 bits per heavy atom. The highest BCUT2D eigenvalue weighted by Crippen LogP contribution is 2.48. The first-order valence-corrected chi connectivity index (χ1v) is 5.60. The van der Waals surface area contributed by atoms with Crippen LogP contribution in [0.3, 0.4) is 0 Å². The Labute approximate surface area is 85.9 Å². The van der Waals surface area contributed by atoms with Gasteiger partial charge < -0.3 is 0 Å². The molecule has 0 spiro atoms. The van der Waals surface area contributed by atoms with E-state index in [9.17, 15) is 4.79 Å². The van der Waals surface area contributed by atoms with Crippen LogP contribution in [0.4, 0.5) is 0 Å². The van der Waals surface area contributed by atoms with E-state index in [-0.39, 0.29) is 0 Å². The fourth-order valence-corrected chi connectivity index (χ4v) is 2.97. The van der Waals surface area contributed by atoms with Crippen LogP contribution in [0.5, 0.6) is 0 Å². The Morgan fingerprint density at radius 3 is 2.71 bits per heavy atom. The van der Waals surface area contributed by atoms with Crippen LogP contribution in [0, 0.1) is 17.8 Å². The SMILES string of the molecule is CC(=C/C=O)/C=C/C1CC2CCC1C2. The average molecular weight is 190 g/mol. The number of carbonyl (C=O) groups excluding carboxylic acids is 1. The van der Waals surface area contributed by atoms with Crippen molar-refractivity contribution in [3.8, 4) is 0 Å². The summed E-state index contributed by atoms with van der Waals surface area (Å²) in [6, 6.07) is 0. The third-order valence-corrected chi connectivity index (χ3v) is 3.73. The van der Waals surface area contributed by atoms with Gasteiger partial charge >= 0.3 is 0 Å². The number of hydrogen-bond acceptors (Lipinski definition) is 1. The van der Waals surface area contributed by atoms with Crippen LogP contribution >= 0.6 is 0 Å². The molecule has 0 radical (unpaired) electrons. The Kier molecular flexibility index (Phi) is 2.85. The van der Waals surface area contributed by atoms with Crippen LogP contribution in [0.15, 0.2) is 23.8 Å². The molecule has 2 fully saturated rings. The largest absolute Gasteiger partial charge is 0.299 e. The zero-order valence-corrected chi connectivity index (χ0v) is 8.78. The first kappa shape index (κ1) is 9.70. The van der Waals surface area contributed by atoms with E-state index >= 15 is 0 Å². The molecule has 0 aromatic heterocycles. The molecule has 2 aliphatic rings. The minimum absolute atomic E-state index is 0.795. The van der Waals surface area contributed by atoms with Crippen molar-refractivity contribution in [3.05, 3.63) is 23.8 Å². The van der Waals surface area contributed by atoms with Crippen molar-refractivity contribution >= 4 is 6.29 Å². The van der Waals surface area contributed by atoms with Crippen LogP contribution in [0.2, 0.25) is 0 Å². The number of fused-ring (bicyclic) bond motifs is 2. The molecule has 14 heavy (non-hydrogen) atoms. The summed E-state index contributed by atoms with van der Waals surface area (Å²) < 4.78 is 0. The van der Waals surface area contributed by atoms with Gasteiger partial charge in [-0.15, -0.1) is 0 Å². The summed E-state index contributed by atoms with van der Waals surface area (Å²) in [5.41, 5.74) is 1.07. The molecule has 0 saturated heterocycles. The summed E-state index contributed by atoms with van der Waals surface area (Å²) in [7, 11) is 0. The predicted molar refractivity (Wildman–Crippen MR) is 57.9 cm³/mol. The van der Waals surface area contributed by atoms with Crippen molar-refractivity contribution < 1.29 is 4.79 Å². The van der Waals surface area contributed by atoms with Crippen molar-refractivity contribution in [1.82, 2.24) is 0 Å². The van der Waals surface area contributed by atoms with E-state index in [1.54, 1.807) is 6.08 Å². The van der Waals surface area contributed by atoms with Crippen molar-refractivity contribution in [2.24, 2.45) is 17.8 Å². The second kappa shape index (κ2) is 4.12. The van der Waals surface area contributed by atoms with Crippen LogP contribution in [0.1, 0.15) is 32.6 Å². The summed E-state index contributed by atoms with van der Waals surface area (Å²) in [6.07, 6.45) is 12.6. The molecular weight excluding hydrogens is 172 g/mol. The molecule has 0 aromatic rings. The quantitative estimate of drug-likeness (QED) is 0.379. The van der Waals surface area contributed by atoms with Gasteiger partial charge in [0.25, 0.3) is 0 Å². The predicted octanol–water partition coefficient (Wildman–Crippen LogP) is 3.12. The van der Waals surface area contributed by atoms with Gasteiger partial charge in [-0.05, 0) is 55.6 Å². The van der Waals surface area contributed by atoms with Gasteiger partial charge in [0.1, 0.15) is 6.29 Å². The molecule has 2 aliphatic carbocycles. The maximum absolute atomic E-state index is 10.2. The Morgan fingerprint density at radius 2 is 2.14 bits per heavy atom. The summed E-state index contributed by atoms with van der Waals surface area (Å²) in [5.74, 6) is 2.74. The summed E-state index contributed by atoms with van der Waals surface area (Å²) in [6.45, 7) is 1.98. The van der Waals surface area contributed by atoms with Gasteiger partial charge in [-0.3, -0.25) is 4.79 Å². The number of carbonyl (C=O) groups is 1. The molecule has 0 N–H and O–H groups in total. The topological polar surface area (TPSA) is 17.1 Å². The minimum atomic E-state index is 0.795. The van der Waals surface area contributed by atoms with Crippen LogP contribution in [-0.2, 0) is 4.79 Å². The first-order chi connectivity index (χ1) is 6.79. The van der Waals surface area contributed by atoms with Gasteiger partial charge in [-0.2, -0.15) is 0 Å². The molecule has 3 atom stereocenters. The Hall–Kier alpha value is -0.850. The number of aldehydes is 1. The van der Waals surface area contributed by atoms with E-state index < -0.39 is 0 Å². The van der Waals surface area contributed by atoms with E-state index in [2.05, 4.69) is 12.2 Å². The first-order valence-electron chi connectivity index (χ1n) is 5.60. The van der Waals surface area contributed by atoms with E-state index in [4.69, 9.17) is 0 Å². The fourth-order valence-electron chi connectivity index (χ4n) is 2.97. The average Bonchev–Trinajstić information content (AvgIpc) is 2.76. The number of allylic oxidation sites excluding steroid dienone is 4. The van der Waals surface area contributed by atoms with E-state index in [1.165, 1.54) is 25.7 Å². The molecule has 3 unspecified atom stereocenters. The van der Waals surface area contributed by atoms with E-state index in [0.29, 0.717) is 0 Å². The second-order valence-electron chi connectivity index (χ2n) is 4.74. The third kappa shape index (κ3) is 1.97. The van der Waals surface area contributed by atoms with Crippen molar-refractivity contribution in [3.63, 3.8) is 0 Å². The summed E-state index contributed by atoms with van der Waals surface area (Å²) in [5, 5.41) is 0. The second-order valence-corrected chi connectivity index (χ2v) is 4.74. The fraction of sp³-hybridized carbons (Fsp3) is 0.615. The van der Waals surface area contributed by atoms with Crippen molar-refractivity contribution in [2.75, 3.05) is 0 Å². The lowest BCUT2D eigenvalue weighted by Gasteiger charge is -2.17. The maximum Gasteiger partial charge on any atom is 0.143 e. The molecule has 2 bridgehead atoms. The van der Waals surface area contributed by atoms with Crippen molar-refractivity contribution in [2.45, 2.75) is 32.6 Å². The molecule has 0 aliphatic heterocycles. The standard InChI is InChI=1S/C13H18O/c1-10(6-7-14)2-4-12-8-11-3-5-13(12)9-11/h2,4,6-7,11-13H,3,5,8-9H2,1H3/b4-2+,10-6-. The molecule has 1 heteroatoms. The van der Waals surface area contributed by atoms with Gasteiger partial charge in [0.15, 0.2) is 0 Å². The molecule has 0 aromatic carbocycles. The maximum atomic E-state index is 10.2. The Bertz CT molecular complexity index is 275. The lowest BCUT2D eigenvalue weighted by atomic mass is 9.88. The van der Waals surface area contributed by atoms with Gasteiger partial charge in [0, 0.05) is 0 Å². The highest BCUT2D eigenvalue weighted by Gasteiger charge is 2.37. The number of rotatable bonds is 3. The minimum Gasteiger partial charge on any atom is -0.299 e. The van der Waals surface area contributed by atoms with Gasteiger partial charge in [0.05, 0.1) is 0 Å². The monoisotopic (exact) mass is 190 g/mol. The molecule has 0 amide bonds. The molecule has 2 rings (SSSR count). The lowest BCUT2D eigenvalue weighted by molar-refractivity contribution is -0.104. The Balaban J connectivity index is 1.92. The van der Waals surface area contributed by atoms with E-state index in [1.807, 2.05) is 6.92 Å². The molecule has 2 saturated carbocycles. The summed E-state index contributed by atoms with van der Waals surface area (Å²) in [4.78, 5) is 10.2. The molecule has 76 valence electrons. The van der Waals surface area contributed by atoms with Crippen LogP contribution in [0.25, 0.3) is 0 Å². The zero-order chi connectivity index (χ0) is 9.97.